The van der Waals surface area contributed by atoms with Crippen LogP contribution in [0.2, 0.25) is 0 Å². The monoisotopic (exact) mass is 317 g/mol. The molecule has 0 aromatic carbocycles. The summed E-state index contributed by atoms with van der Waals surface area (Å²) in [6, 6.07) is 0. The Hall–Kier alpha value is -0.320. The molecular weight excluding hydrogens is 286 g/mol. The van der Waals surface area contributed by atoms with Crippen molar-refractivity contribution >= 4 is 18.3 Å². The van der Waals surface area contributed by atoms with E-state index in [0.29, 0.717) is 0 Å². The van der Waals surface area contributed by atoms with Crippen molar-refractivity contribution in [2.24, 2.45) is 0 Å². The maximum absolute atomic E-state index is 12.6. The van der Waals surface area contributed by atoms with Crippen LogP contribution in [-0.2, 0) is 4.79 Å². The number of hydrogen-bond donors (Lipinski definition) is 2. The number of carbonyl (C=O) groups excluding carboxylic acids is 1. The molecule has 2 aliphatic rings. The molecule has 1 saturated heterocycles. The van der Waals surface area contributed by atoms with Gasteiger partial charge in [0.1, 0.15) is 0 Å². The average molecular weight is 318 g/mol. The largest absolute Gasteiger partial charge is 0.353 e. The fourth-order valence-corrected chi connectivity index (χ4v) is 3.87. The van der Waals surface area contributed by atoms with Crippen molar-refractivity contribution in [3.05, 3.63) is 0 Å². The Labute approximate surface area is 135 Å². The summed E-state index contributed by atoms with van der Waals surface area (Å²) in [6.07, 6.45) is 9.28. The molecule has 0 aromatic heterocycles. The Bertz CT molecular complexity index is 334. The van der Waals surface area contributed by atoms with Gasteiger partial charge in [0.2, 0.25) is 5.91 Å². The molecule has 2 N–H and O–H groups in total. The van der Waals surface area contributed by atoms with E-state index in [0.717, 1.165) is 32.4 Å². The number of halogens is 1. The summed E-state index contributed by atoms with van der Waals surface area (Å²) in [5.74, 6) is 0.212. The highest BCUT2D eigenvalue weighted by Crippen LogP contribution is 2.32. The highest BCUT2D eigenvalue weighted by Gasteiger charge is 2.41. The molecule has 0 bridgehead atoms. The highest BCUT2D eigenvalue weighted by atomic mass is 35.5. The van der Waals surface area contributed by atoms with E-state index in [1.54, 1.807) is 0 Å². The molecule has 124 valence electrons. The van der Waals surface area contributed by atoms with Crippen molar-refractivity contribution in [3.63, 3.8) is 0 Å². The lowest BCUT2D eigenvalue weighted by atomic mass is 9.80. The molecule has 1 saturated carbocycles. The van der Waals surface area contributed by atoms with Crippen molar-refractivity contribution < 1.29 is 4.79 Å². The topological polar surface area (TPSA) is 44.4 Å². The van der Waals surface area contributed by atoms with Crippen molar-refractivity contribution in [3.8, 4) is 0 Å². The molecule has 1 aliphatic carbocycles. The van der Waals surface area contributed by atoms with Crippen molar-refractivity contribution in [2.45, 2.75) is 69.4 Å². The van der Waals surface area contributed by atoms with Crippen molar-refractivity contribution in [1.29, 1.82) is 0 Å². The summed E-state index contributed by atoms with van der Waals surface area (Å²) in [6.45, 7) is 3.88. The first kappa shape index (κ1) is 18.7. The second-order valence-corrected chi connectivity index (χ2v) is 6.83. The van der Waals surface area contributed by atoms with Crippen LogP contribution in [0.4, 0.5) is 0 Å². The quantitative estimate of drug-likeness (QED) is 0.818. The Morgan fingerprint density at radius 2 is 1.81 bits per heavy atom. The summed E-state index contributed by atoms with van der Waals surface area (Å²) in [5, 5.41) is 6.69. The van der Waals surface area contributed by atoms with Gasteiger partial charge in [0.05, 0.1) is 5.54 Å². The van der Waals surface area contributed by atoms with Crippen LogP contribution in [0.3, 0.4) is 0 Å². The zero-order valence-corrected chi connectivity index (χ0v) is 14.7. The van der Waals surface area contributed by atoms with Gasteiger partial charge in [0, 0.05) is 12.1 Å². The normalized spacial score (nSPS) is 28.2. The zero-order chi connectivity index (χ0) is 14.6. The number of nitrogens with one attached hydrogen (secondary N) is 2. The van der Waals surface area contributed by atoms with Gasteiger partial charge in [0.25, 0.3) is 0 Å². The molecule has 1 amide bonds. The Morgan fingerprint density at radius 1 is 1.14 bits per heavy atom. The van der Waals surface area contributed by atoms with Crippen molar-refractivity contribution in [2.75, 3.05) is 27.2 Å². The highest BCUT2D eigenvalue weighted by molar-refractivity contribution is 5.86. The first-order valence-electron chi connectivity index (χ1n) is 8.25. The van der Waals surface area contributed by atoms with Crippen LogP contribution >= 0.6 is 12.4 Å². The van der Waals surface area contributed by atoms with Crippen LogP contribution in [-0.4, -0.2) is 49.1 Å². The van der Waals surface area contributed by atoms with Gasteiger partial charge in [-0.3, -0.25) is 4.79 Å². The second kappa shape index (κ2) is 7.80. The molecule has 1 unspecified atom stereocenters. The lowest BCUT2D eigenvalue weighted by Gasteiger charge is -2.43. The molecular formula is C16H32ClN3O. The first-order valence-corrected chi connectivity index (χ1v) is 8.25. The van der Waals surface area contributed by atoms with Crippen LogP contribution in [0.25, 0.3) is 0 Å². The summed E-state index contributed by atoms with van der Waals surface area (Å²) in [7, 11) is 4.31. The fourth-order valence-electron chi connectivity index (χ4n) is 3.87. The minimum atomic E-state index is -0.303. The Balaban J connectivity index is 0.00000220. The summed E-state index contributed by atoms with van der Waals surface area (Å²) in [5.41, 5.74) is -0.135. The molecule has 21 heavy (non-hydrogen) atoms. The lowest BCUT2D eigenvalue weighted by Crippen LogP contribution is -2.59. The van der Waals surface area contributed by atoms with E-state index < -0.39 is 0 Å². The standard InChI is InChI=1S/C16H31N3O.ClH/c1-4-16(11-8-12-18-16)14(20)17-13-15(19(2)3)9-6-5-7-10-15;/h18H,4-13H2,1-3H3,(H,17,20);1H. The molecule has 1 aliphatic heterocycles. The number of likely N-dealkylation sites (N-methyl/N-ethyl adjacent to an activating group) is 1. The van der Waals surface area contributed by atoms with E-state index in [4.69, 9.17) is 0 Å². The Morgan fingerprint density at radius 3 is 2.29 bits per heavy atom. The third-order valence-electron chi connectivity index (χ3n) is 5.59. The molecule has 1 heterocycles. The van der Waals surface area contributed by atoms with E-state index in [1.165, 1.54) is 32.1 Å². The van der Waals surface area contributed by atoms with E-state index in [2.05, 4.69) is 36.6 Å². The predicted octanol–water partition coefficient (Wildman–Crippen LogP) is 2.32. The third-order valence-corrected chi connectivity index (χ3v) is 5.59. The van der Waals surface area contributed by atoms with Crippen LogP contribution in [0, 0.1) is 0 Å². The van der Waals surface area contributed by atoms with E-state index in [-0.39, 0.29) is 29.4 Å². The van der Waals surface area contributed by atoms with Crippen LogP contribution in [0.5, 0.6) is 0 Å². The van der Waals surface area contributed by atoms with Gasteiger partial charge < -0.3 is 15.5 Å². The Kier molecular flexibility index (Phi) is 6.95. The van der Waals surface area contributed by atoms with E-state index in [1.807, 2.05) is 0 Å². The molecule has 0 spiro atoms. The summed E-state index contributed by atoms with van der Waals surface area (Å²) < 4.78 is 0. The van der Waals surface area contributed by atoms with Crippen LogP contribution < -0.4 is 10.6 Å². The van der Waals surface area contributed by atoms with Gasteiger partial charge in [-0.25, -0.2) is 0 Å². The number of rotatable bonds is 5. The van der Waals surface area contributed by atoms with Gasteiger partial charge in [0.15, 0.2) is 0 Å². The second-order valence-electron chi connectivity index (χ2n) is 6.83. The number of carbonyl (C=O) groups is 1. The zero-order valence-electron chi connectivity index (χ0n) is 13.8. The van der Waals surface area contributed by atoms with Crippen LogP contribution in [0.15, 0.2) is 0 Å². The van der Waals surface area contributed by atoms with Gasteiger partial charge >= 0.3 is 0 Å². The molecule has 5 heteroatoms. The van der Waals surface area contributed by atoms with Crippen molar-refractivity contribution in [1.82, 2.24) is 15.5 Å². The van der Waals surface area contributed by atoms with Gasteiger partial charge in [-0.2, -0.15) is 0 Å². The van der Waals surface area contributed by atoms with E-state index in [9.17, 15) is 4.79 Å². The molecule has 2 rings (SSSR count). The number of nitrogens with zero attached hydrogens (tertiary/aromatic N) is 1. The SMILES string of the molecule is CCC1(C(=O)NCC2(N(C)C)CCCCC2)CCCN1.Cl. The first-order chi connectivity index (χ1) is 9.55. The third kappa shape index (κ3) is 3.91. The van der Waals surface area contributed by atoms with Crippen LogP contribution in [0.1, 0.15) is 58.3 Å². The van der Waals surface area contributed by atoms with Gasteiger partial charge in [-0.05, 0) is 52.7 Å². The maximum atomic E-state index is 12.6. The van der Waals surface area contributed by atoms with Gasteiger partial charge in [-0.15, -0.1) is 12.4 Å². The van der Waals surface area contributed by atoms with E-state index >= 15 is 0 Å². The minimum Gasteiger partial charge on any atom is -0.353 e. The fraction of sp³-hybridized carbons (Fsp3) is 0.938. The maximum Gasteiger partial charge on any atom is 0.240 e. The summed E-state index contributed by atoms with van der Waals surface area (Å²) >= 11 is 0. The molecule has 0 aromatic rings. The molecule has 4 nitrogen and oxygen atoms in total. The number of hydrogen-bond acceptors (Lipinski definition) is 3. The molecule has 1 atom stereocenters. The molecule has 0 radical (unpaired) electrons. The summed E-state index contributed by atoms with van der Waals surface area (Å²) in [4.78, 5) is 14.9. The molecule has 2 fully saturated rings. The average Bonchev–Trinajstić information content (AvgIpc) is 2.95. The minimum absolute atomic E-state index is 0. The number of amides is 1. The lowest BCUT2D eigenvalue weighted by molar-refractivity contribution is -0.128. The smallest absolute Gasteiger partial charge is 0.240 e. The van der Waals surface area contributed by atoms with Gasteiger partial charge in [-0.1, -0.05) is 26.2 Å². The predicted molar refractivity (Wildman–Crippen MR) is 90.0 cm³/mol.